The van der Waals surface area contributed by atoms with E-state index in [9.17, 15) is 0 Å². The predicted octanol–water partition coefficient (Wildman–Crippen LogP) is 5.57. The maximum Gasteiger partial charge on any atom is 0.225 e. The van der Waals surface area contributed by atoms with Crippen molar-refractivity contribution in [1.29, 1.82) is 0 Å². The molecule has 25 heavy (non-hydrogen) atoms. The Morgan fingerprint density at radius 1 is 0.840 bits per heavy atom. The van der Waals surface area contributed by atoms with Crippen molar-refractivity contribution in [3.8, 4) is 5.88 Å². The van der Waals surface area contributed by atoms with Crippen molar-refractivity contribution in [1.82, 2.24) is 9.97 Å². The van der Waals surface area contributed by atoms with Crippen molar-refractivity contribution in [2.24, 2.45) is 0 Å². The first-order valence-electron chi connectivity index (χ1n) is 10.3. The lowest BCUT2D eigenvalue weighted by molar-refractivity contribution is 0.327. The maximum atomic E-state index is 5.69. The molecule has 1 aromatic rings. The van der Waals surface area contributed by atoms with Crippen LogP contribution in [0.15, 0.2) is 6.07 Å². The van der Waals surface area contributed by atoms with Crippen molar-refractivity contribution in [2.45, 2.75) is 90.9 Å². The van der Waals surface area contributed by atoms with Crippen LogP contribution in [0.1, 0.15) is 90.9 Å². The lowest BCUT2D eigenvalue weighted by Crippen LogP contribution is -2.07. The normalized spacial score (nSPS) is 10.8. The van der Waals surface area contributed by atoms with E-state index in [0.717, 1.165) is 18.8 Å². The number of nitrogens with zero attached hydrogens (tertiary/aromatic N) is 2. The van der Waals surface area contributed by atoms with Crippen molar-refractivity contribution < 1.29 is 4.74 Å². The number of hydrogen-bond donors (Lipinski definition) is 2. The fraction of sp³-hybridized carbons (Fsp3) is 0.800. The summed E-state index contributed by atoms with van der Waals surface area (Å²) in [6.07, 6.45) is 16.4. The molecule has 0 bridgehead atoms. The molecule has 1 rings (SSSR count). The molecule has 144 valence electrons. The lowest BCUT2D eigenvalue weighted by Gasteiger charge is -2.08. The first-order chi connectivity index (χ1) is 12.3. The molecule has 3 N–H and O–H groups in total. The number of nitrogens with one attached hydrogen (secondary N) is 1. The van der Waals surface area contributed by atoms with Crippen LogP contribution in [0.3, 0.4) is 0 Å². The Kier molecular flexibility index (Phi) is 12.7. The monoisotopic (exact) mass is 350 g/mol. The Hall–Kier alpha value is -1.52. The van der Waals surface area contributed by atoms with E-state index >= 15 is 0 Å². The van der Waals surface area contributed by atoms with E-state index in [2.05, 4.69) is 22.2 Å². The molecule has 0 saturated heterocycles. The summed E-state index contributed by atoms with van der Waals surface area (Å²) in [6, 6.07) is 1.81. The summed E-state index contributed by atoms with van der Waals surface area (Å²) in [4.78, 5) is 8.23. The number of nitrogen functional groups attached to an aromatic ring is 1. The van der Waals surface area contributed by atoms with Crippen molar-refractivity contribution in [3.63, 3.8) is 0 Å². The Bertz CT molecular complexity index is 440. The molecule has 0 fully saturated rings. The predicted molar refractivity (Wildman–Crippen MR) is 107 cm³/mol. The molecular weight excluding hydrogens is 312 g/mol. The number of rotatable bonds is 16. The third-order valence-corrected chi connectivity index (χ3v) is 4.35. The van der Waals surface area contributed by atoms with Crippen LogP contribution < -0.4 is 15.8 Å². The van der Waals surface area contributed by atoms with Gasteiger partial charge in [-0.05, 0) is 13.3 Å². The van der Waals surface area contributed by atoms with E-state index in [1.807, 2.05) is 6.92 Å². The average molecular weight is 351 g/mol. The summed E-state index contributed by atoms with van der Waals surface area (Å²) in [7, 11) is 0. The van der Waals surface area contributed by atoms with Crippen molar-refractivity contribution >= 4 is 11.8 Å². The van der Waals surface area contributed by atoms with Crippen LogP contribution in [0, 0.1) is 0 Å². The van der Waals surface area contributed by atoms with E-state index in [-0.39, 0.29) is 5.95 Å². The van der Waals surface area contributed by atoms with Gasteiger partial charge in [-0.2, -0.15) is 9.97 Å². The molecule has 0 aliphatic carbocycles. The molecule has 0 unspecified atom stereocenters. The van der Waals surface area contributed by atoms with Crippen LogP contribution in [0.25, 0.3) is 0 Å². The van der Waals surface area contributed by atoms with Gasteiger partial charge in [0.15, 0.2) is 0 Å². The Labute approximate surface area is 154 Å². The van der Waals surface area contributed by atoms with E-state index in [1.54, 1.807) is 6.07 Å². The molecule has 0 spiro atoms. The van der Waals surface area contributed by atoms with Crippen molar-refractivity contribution in [2.75, 3.05) is 24.2 Å². The molecule has 5 heteroatoms. The zero-order chi connectivity index (χ0) is 18.2. The standard InChI is InChI=1S/C20H38N4O/c1-3-5-6-7-8-9-10-11-12-13-14-15-16-22-18-17-19(25-4-2)24-20(21)23-18/h17H,3-16H2,1-2H3,(H3,21,22,23,24). The van der Waals surface area contributed by atoms with E-state index < -0.39 is 0 Å². The largest absolute Gasteiger partial charge is 0.478 e. The molecule has 5 nitrogen and oxygen atoms in total. The highest BCUT2D eigenvalue weighted by molar-refractivity contribution is 5.42. The number of nitrogens with two attached hydrogens (primary N) is 1. The van der Waals surface area contributed by atoms with Gasteiger partial charge in [-0.3, -0.25) is 0 Å². The summed E-state index contributed by atoms with van der Waals surface area (Å²) >= 11 is 0. The third kappa shape index (κ3) is 11.6. The quantitative estimate of drug-likeness (QED) is 0.381. The van der Waals surface area contributed by atoms with Gasteiger partial charge in [0.2, 0.25) is 11.8 Å². The molecule has 1 aromatic heterocycles. The number of anilines is 2. The molecular formula is C20H38N4O. The highest BCUT2D eigenvalue weighted by Crippen LogP contribution is 2.15. The van der Waals surface area contributed by atoms with Gasteiger partial charge in [-0.15, -0.1) is 0 Å². The molecule has 0 saturated carbocycles. The summed E-state index contributed by atoms with van der Waals surface area (Å²) in [6.45, 7) is 5.70. The zero-order valence-electron chi connectivity index (χ0n) is 16.4. The highest BCUT2D eigenvalue weighted by Gasteiger charge is 2.02. The summed E-state index contributed by atoms with van der Waals surface area (Å²) in [5.74, 6) is 1.54. The van der Waals surface area contributed by atoms with Crippen LogP contribution in [0.4, 0.5) is 11.8 Å². The first kappa shape index (κ1) is 21.5. The van der Waals surface area contributed by atoms with E-state index in [4.69, 9.17) is 10.5 Å². The van der Waals surface area contributed by atoms with E-state index in [0.29, 0.717) is 12.5 Å². The second-order valence-electron chi connectivity index (χ2n) is 6.70. The number of aromatic nitrogens is 2. The van der Waals surface area contributed by atoms with Gasteiger partial charge in [0.25, 0.3) is 0 Å². The average Bonchev–Trinajstić information content (AvgIpc) is 2.59. The minimum Gasteiger partial charge on any atom is -0.478 e. The van der Waals surface area contributed by atoms with Gasteiger partial charge in [0.1, 0.15) is 5.82 Å². The minimum atomic E-state index is 0.253. The topological polar surface area (TPSA) is 73.1 Å². The van der Waals surface area contributed by atoms with Gasteiger partial charge in [-0.1, -0.05) is 77.6 Å². The Morgan fingerprint density at radius 3 is 1.96 bits per heavy atom. The van der Waals surface area contributed by atoms with E-state index in [1.165, 1.54) is 70.6 Å². The number of unbranched alkanes of at least 4 members (excludes halogenated alkanes) is 11. The Balaban J connectivity index is 1.95. The highest BCUT2D eigenvalue weighted by atomic mass is 16.5. The number of hydrogen-bond acceptors (Lipinski definition) is 5. The smallest absolute Gasteiger partial charge is 0.225 e. The van der Waals surface area contributed by atoms with Crippen molar-refractivity contribution in [3.05, 3.63) is 6.07 Å². The molecule has 0 aromatic carbocycles. The van der Waals surface area contributed by atoms with Gasteiger partial charge >= 0.3 is 0 Å². The van der Waals surface area contributed by atoms with Crippen LogP contribution in [0.5, 0.6) is 5.88 Å². The summed E-state index contributed by atoms with van der Waals surface area (Å²) in [5.41, 5.74) is 5.69. The molecule has 0 atom stereocenters. The SMILES string of the molecule is CCCCCCCCCCCCCCNc1cc(OCC)nc(N)n1. The van der Waals surface area contributed by atoms with Gasteiger partial charge in [0.05, 0.1) is 6.61 Å². The van der Waals surface area contributed by atoms with Crippen LogP contribution in [-0.4, -0.2) is 23.1 Å². The van der Waals surface area contributed by atoms with Gasteiger partial charge < -0.3 is 15.8 Å². The molecule has 1 heterocycles. The minimum absolute atomic E-state index is 0.253. The fourth-order valence-corrected chi connectivity index (χ4v) is 2.94. The van der Waals surface area contributed by atoms with Crippen LogP contribution in [-0.2, 0) is 0 Å². The molecule has 0 amide bonds. The Morgan fingerprint density at radius 2 is 1.40 bits per heavy atom. The summed E-state index contributed by atoms with van der Waals surface area (Å²) in [5, 5.41) is 3.31. The fourth-order valence-electron chi connectivity index (χ4n) is 2.94. The molecule has 0 radical (unpaired) electrons. The zero-order valence-corrected chi connectivity index (χ0v) is 16.4. The summed E-state index contributed by atoms with van der Waals surface area (Å²) < 4.78 is 5.38. The second kappa shape index (κ2) is 14.8. The maximum absolute atomic E-state index is 5.69. The van der Waals surface area contributed by atoms with Gasteiger partial charge in [0, 0.05) is 12.6 Å². The van der Waals surface area contributed by atoms with Gasteiger partial charge in [-0.25, -0.2) is 0 Å². The third-order valence-electron chi connectivity index (χ3n) is 4.35. The van der Waals surface area contributed by atoms with Crippen LogP contribution >= 0.6 is 0 Å². The van der Waals surface area contributed by atoms with Crippen LogP contribution in [0.2, 0.25) is 0 Å². The lowest BCUT2D eigenvalue weighted by atomic mass is 10.1. The first-order valence-corrected chi connectivity index (χ1v) is 10.3. The molecule has 0 aliphatic rings. The number of ether oxygens (including phenoxy) is 1. The second-order valence-corrected chi connectivity index (χ2v) is 6.70. The molecule has 0 aliphatic heterocycles.